The van der Waals surface area contributed by atoms with Crippen LogP contribution in [-0.2, 0) is 0 Å². The van der Waals surface area contributed by atoms with Crippen molar-refractivity contribution in [3.63, 3.8) is 0 Å². The molecule has 4 nitrogen and oxygen atoms in total. The second-order valence-electron chi connectivity index (χ2n) is 2.45. The van der Waals surface area contributed by atoms with Crippen molar-refractivity contribution in [2.45, 2.75) is 12.2 Å². The van der Waals surface area contributed by atoms with Crippen LogP contribution >= 0.6 is 27.5 Å². The van der Waals surface area contributed by atoms with E-state index in [1.165, 1.54) is 12.4 Å². The summed E-state index contributed by atoms with van der Waals surface area (Å²) < 4.78 is 0. The zero-order chi connectivity index (χ0) is 9.84. The molecule has 0 aliphatic carbocycles. The van der Waals surface area contributed by atoms with Crippen LogP contribution in [0.4, 0.5) is 0 Å². The van der Waals surface area contributed by atoms with E-state index in [0.717, 1.165) is 0 Å². The first kappa shape index (κ1) is 10.8. The van der Waals surface area contributed by atoms with Crippen LogP contribution < -0.4 is 0 Å². The van der Waals surface area contributed by atoms with Gasteiger partial charge in [-0.3, -0.25) is 0 Å². The molecule has 72 valence electrons. The minimum atomic E-state index is -0.989. The maximum Gasteiger partial charge on any atom is 0.222 e. The van der Waals surface area contributed by atoms with Crippen molar-refractivity contribution < 1.29 is 10.2 Å². The number of aliphatic hydroxyl groups excluding tert-OH is 2. The van der Waals surface area contributed by atoms with Crippen LogP contribution in [0.25, 0.3) is 0 Å². The monoisotopic (exact) mass is 266 g/mol. The minimum absolute atomic E-state index is 0.115. The van der Waals surface area contributed by atoms with E-state index in [1.807, 2.05) is 0 Å². The molecule has 6 heteroatoms. The third-order valence-corrected chi connectivity index (χ3v) is 2.36. The molecule has 0 amide bonds. The summed E-state index contributed by atoms with van der Waals surface area (Å²) in [7, 11) is 0. The lowest BCUT2D eigenvalue weighted by molar-refractivity contribution is 0.0338. The van der Waals surface area contributed by atoms with Gasteiger partial charge in [-0.2, -0.15) is 0 Å². The van der Waals surface area contributed by atoms with Crippen molar-refractivity contribution in [1.82, 2.24) is 9.97 Å². The summed E-state index contributed by atoms with van der Waals surface area (Å²) in [5, 5.41) is 19.1. The Bertz CT molecular complexity index is 270. The molecule has 0 aliphatic heterocycles. The Labute approximate surface area is 88.7 Å². The van der Waals surface area contributed by atoms with Crippen LogP contribution in [0.2, 0.25) is 5.28 Å². The Hall–Kier alpha value is -0.230. The van der Waals surface area contributed by atoms with E-state index >= 15 is 0 Å². The van der Waals surface area contributed by atoms with Crippen LogP contribution in [0.5, 0.6) is 0 Å². The van der Waals surface area contributed by atoms with Crippen molar-refractivity contribution in [2.75, 3.05) is 5.33 Å². The van der Waals surface area contributed by atoms with Crippen LogP contribution in [0, 0.1) is 0 Å². The number of hydrogen-bond acceptors (Lipinski definition) is 4. The Morgan fingerprint density at radius 3 is 2.38 bits per heavy atom. The van der Waals surface area contributed by atoms with Gasteiger partial charge < -0.3 is 10.2 Å². The van der Waals surface area contributed by atoms with E-state index in [0.29, 0.717) is 5.56 Å². The third kappa shape index (κ3) is 2.87. The molecule has 0 radical (unpaired) electrons. The van der Waals surface area contributed by atoms with Gasteiger partial charge in [0.15, 0.2) is 0 Å². The second kappa shape index (κ2) is 4.85. The topological polar surface area (TPSA) is 66.2 Å². The third-order valence-electron chi connectivity index (χ3n) is 1.50. The van der Waals surface area contributed by atoms with Gasteiger partial charge in [0.1, 0.15) is 6.10 Å². The molecule has 0 spiro atoms. The largest absolute Gasteiger partial charge is 0.389 e. The maximum atomic E-state index is 9.48. The fraction of sp³-hybridized carbons (Fsp3) is 0.429. The molecule has 0 fully saturated rings. The van der Waals surface area contributed by atoms with E-state index in [9.17, 15) is 10.2 Å². The fourth-order valence-electron chi connectivity index (χ4n) is 0.782. The average molecular weight is 268 g/mol. The molecule has 1 aromatic rings. The number of aromatic nitrogens is 2. The lowest BCUT2D eigenvalue weighted by Crippen LogP contribution is -2.19. The van der Waals surface area contributed by atoms with Crippen molar-refractivity contribution >= 4 is 27.5 Å². The standard InChI is InChI=1S/C7H8BrClN2O2/c8-1-5(12)6(13)4-2-10-7(9)11-3-4/h2-3,5-6,12-13H,1H2. The summed E-state index contributed by atoms with van der Waals surface area (Å²) in [6, 6.07) is 0. The van der Waals surface area contributed by atoms with Crippen LogP contribution in [0.15, 0.2) is 12.4 Å². The first-order valence-corrected chi connectivity index (χ1v) is 5.04. The quantitative estimate of drug-likeness (QED) is 0.631. The highest BCUT2D eigenvalue weighted by Gasteiger charge is 2.17. The van der Waals surface area contributed by atoms with Crippen molar-refractivity contribution in [1.29, 1.82) is 0 Å². The lowest BCUT2D eigenvalue weighted by atomic mass is 10.1. The highest BCUT2D eigenvalue weighted by molar-refractivity contribution is 9.09. The fourth-order valence-corrected chi connectivity index (χ4v) is 1.23. The summed E-state index contributed by atoms with van der Waals surface area (Å²) in [6.07, 6.45) is 0.902. The van der Waals surface area contributed by atoms with Gasteiger partial charge in [-0.25, -0.2) is 9.97 Å². The van der Waals surface area contributed by atoms with Crippen LogP contribution in [-0.4, -0.2) is 31.6 Å². The van der Waals surface area contributed by atoms with Gasteiger partial charge in [-0.15, -0.1) is 0 Å². The van der Waals surface area contributed by atoms with Gasteiger partial charge in [0.25, 0.3) is 0 Å². The van der Waals surface area contributed by atoms with E-state index in [1.54, 1.807) is 0 Å². The highest BCUT2D eigenvalue weighted by Crippen LogP contribution is 2.16. The first-order valence-electron chi connectivity index (χ1n) is 3.54. The van der Waals surface area contributed by atoms with E-state index in [-0.39, 0.29) is 10.6 Å². The predicted molar refractivity (Wildman–Crippen MR) is 51.8 cm³/mol. The van der Waals surface area contributed by atoms with Gasteiger partial charge in [-0.1, -0.05) is 15.9 Å². The molecule has 13 heavy (non-hydrogen) atoms. The first-order chi connectivity index (χ1) is 6.15. The predicted octanol–water partition coefficient (Wildman–Crippen LogP) is 0.919. The Morgan fingerprint density at radius 1 is 1.38 bits per heavy atom. The molecule has 0 aliphatic rings. The van der Waals surface area contributed by atoms with Crippen LogP contribution in [0.3, 0.4) is 0 Å². The number of halogens is 2. The summed E-state index contributed by atoms with van der Waals surface area (Å²) in [5.41, 5.74) is 0.441. The van der Waals surface area contributed by atoms with Crippen LogP contribution in [0.1, 0.15) is 11.7 Å². The van der Waals surface area contributed by atoms with Crippen molar-refractivity contribution in [2.24, 2.45) is 0 Å². The number of alkyl halides is 1. The summed E-state index contributed by atoms with van der Waals surface area (Å²) in [6.45, 7) is 0. The number of rotatable bonds is 3. The van der Waals surface area contributed by atoms with Gasteiger partial charge in [-0.05, 0) is 11.6 Å². The molecule has 0 aromatic carbocycles. The molecule has 0 saturated heterocycles. The smallest absolute Gasteiger partial charge is 0.222 e. The van der Waals surface area contributed by atoms with E-state index in [4.69, 9.17) is 11.6 Å². The van der Waals surface area contributed by atoms with E-state index in [2.05, 4.69) is 25.9 Å². The number of aliphatic hydroxyl groups is 2. The summed E-state index contributed by atoms with van der Waals surface area (Å²) in [4.78, 5) is 7.37. The molecular formula is C7H8BrClN2O2. The summed E-state index contributed by atoms with van der Waals surface area (Å²) >= 11 is 8.50. The molecule has 0 bridgehead atoms. The van der Waals surface area contributed by atoms with Crippen molar-refractivity contribution in [3.05, 3.63) is 23.2 Å². The van der Waals surface area contributed by atoms with Gasteiger partial charge >= 0.3 is 0 Å². The molecule has 0 saturated carbocycles. The minimum Gasteiger partial charge on any atom is -0.389 e. The van der Waals surface area contributed by atoms with E-state index < -0.39 is 12.2 Å². The number of hydrogen-bond donors (Lipinski definition) is 2. The van der Waals surface area contributed by atoms with Gasteiger partial charge in [0.05, 0.1) is 6.10 Å². The highest BCUT2D eigenvalue weighted by atomic mass is 79.9. The lowest BCUT2D eigenvalue weighted by Gasteiger charge is -2.14. The average Bonchev–Trinajstić information content (AvgIpc) is 2.17. The Balaban J connectivity index is 2.77. The normalized spacial score (nSPS) is 15.4. The molecule has 2 atom stereocenters. The molecule has 2 unspecified atom stereocenters. The van der Waals surface area contributed by atoms with Crippen molar-refractivity contribution in [3.8, 4) is 0 Å². The molecule has 1 heterocycles. The molecule has 2 N–H and O–H groups in total. The molecule has 1 aromatic heterocycles. The Morgan fingerprint density at radius 2 is 1.92 bits per heavy atom. The molecule has 1 rings (SSSR count). The van der Waals surface area contributed by atoms with Gasteiger partial charge in [0.2, 0.25) is 5.28 Å². The Kier molecular flexibility index (Phi) is 4.05. The zero-order valence-corrected chi connectivity index (χ0v) is 8.90. The summed E-state index contributed by atoms with van der Waals surface area (Å²) in [5.74, 6) is 0. The molecular weight excluding hydrogens is 259 g/mol. The number of nitrogens with zero attached hydrogens (tertiary/aromatic N) is 2. The maximum absolute atomic E-state index is 9.48. The zero-order valence-electron chi connectivity index (χ0n) is 6.56. The van der Waals surface area contributed by atoms with Gasteiger partial charge in [0, 0.05) is 23.3 Å². The second-order valence-corrected chi connectivity index (χ2v) is 3.44. The SMILES string of the molecule is OC(CBr)C(O)c1cnc(Cl)nc1.